The topological polar surface area (TPSA) is 25.2 Å². The number of furan rings is 1. The van der Waals surface area contributed by atoms with Crippen molar-refractivity contribution < 1.29 is 4.42 Å². The summed E-state index contributed by atoms with van der Waals surface area (Å²) in [4.78, 5) is 0. The van der Waals surface area contributed by atoms with Crippen LogP contribution in [0.1, 0.15) is 5.56 Å². The molecule has 0 spiro atoms. The van der Waals surface area contributed by atoms with Crippen LogP contribution in [0.15, 0.2) is 27.3 Å². The van der Waals surface area contributed by atoms with Crippen LogP contribution in [-0.2, 0) is 6.54 Å². The van der Waals surface area contributed by atoms with Gasteiger partial charge in [0.25, 0.3) is 0 Å². The first-order chi connectivity index (χ1) is 6.72. The molecule has 2 rings (SSSR count). The molecule has 0 fully saturated rings. The van der Waals surface area contributed by atoms with Crippen LogP contribution < -0.4 is 5.32 Å². The van der Waals surface area contributed by atoms with Crippen molar-refractivity contribution >= 4 is 38.5 Å². The van der Waals surface area contributed by atoms with E-state index in [1.165, 1.54) is 0 Å². The maximum Gasteiger partial charge on any atom is 0.152 e. The van der Waals surface area contributed by atoms with Crippen LogP contribution in [0, 0.1) is 0 Å². The molecule has 0 saturated heterocycles. The molecular formula is C10H9BrClNO. The van der Waals surface area contributed by atoms with Gasteiger partial charge in [-0.2, -0.15) is 0 Å². The molecule has 1 aromatic heterocycles. The van der Waals surface area contributed by atoms with Crippen LogP contribution >= 0.6 is 27.5 Å². The third kappa shape index (κ3) is 1.67. The molecule has 1 N–H and O–H groups in total. The van der Waals surface area contributed by atoms with Crippen molar-refractivity contribution in [2.75, 3.05) is 7.05 Å². The summed E-state index contributed by atoms with van der Waals surface area (Å²) in [5.74, 6) is 0. The molecule has 0 aliphatic rings. The summed E-state index contributed by atoms with van der Waals surface area (Å²) in [5.41, 5.74) is 1.87. The van der Waals surface area contributed by atoms with E-state index >= 15 is 0 Å². The minimum atomic E-state index is 0.636. The average molecular weight is 275 g/mol. The van der Waals surface area contributed by atoms with Crippen molar-refractivity contribution in [3.8, 4) is 0 Å². The Morgan fingerprint density at radius 1 is 1.50 bits per heavy atom. The van der Waals surface area contributed by atoms with Gasteiger partial charge < -0.3 is 9.73 Å². The molecule has 0 radical (unpaired) electrons. The summed E-state index contributed by atoms with van der Waals surface area (Å²) < 4.78 is 6.36. The molecule has 2 nitrogen and oxygen atoms in total. The van der Waals surface area contributed by atoms with Crippen molar-refractivity contribution in [1.82, 2.24) is 5.32 Å². The second-order valence-corrected chi connectivity index (χ2v) is 4.38. The molecule has 74 valence electrons. The monoisotopic (exact) mass is 273 g/mol. The number of fused-ring (bicyclic) bond motifs is 1. The average Bonchev–Trinajstić information content (AvgIpc) is 2.49. The lowest BCUT2D eigenvalue weighted by Gasteiger charge is -1.97. The van der Waals surface area contributed by atoms with Gasteiger partial charge in [-0.15, -0.1) is 0 Å². The summed E-state index contributed by atoms with van der Waals surface area (Å²) in [6, 6.07) is 3.84. The van der Waals surface area contributed by atoms with Gasteiger partial charge in [-0.3, -0.25) is 0 Å². The molecule has 0 amide bonds. The highest BCUT2D eigenvalue weighted by Crippen LogP contribution is 2.31. The Hall–Kier alpha value is -0.510. The smallest absolute Gasteiger partial charge is 0.152 e. The summed E-state index contributed by atoms with van der Waals surface area (Å²) in [6.07, 6.45) is 1.74. The molecule has 0 unspecified atom stereocenters. The molecule has 0 atom stereocenters. The van der Waals surface area contributed by atoms with Gasteiger partial charge in [-0.25, -0.2) is 0 Å². The fourth-order valence-electron chi connectivity index (χ4n) is 1.44. The van der Waals surface area contributed by atoms with Gasteiger partial charge in [-0.05, 0) is 19.2 Å². The first kappa shape index (κ1) is 10.0. The molecular weight excluding hydrogens is 265 g/mol. The van der Waals surface area contributed by atoms with E-state index in [0.717, 1.165) is 27.6 Å². The maximum absolute atomic E-state index is 6.03. The maximum atomic E-state index is 6.03. The second-order valence-electron chi connectivity index (χ2n) is 3.06. The Morgan fingerprint density at radius 3 is 3.00 bits per heavy atom. The van der Waals surface area contributed by atoms with Gasteiger partial charge in [0.2, 0.25) is 0 Å². The summed E-state index contributed by atoms with van der Waals surface area (Å²) in [6.45, 7) is 0.778. The second kappa shape index (κ2) is 3.93. The fraction of sp³-hybridized carbons (Fsp3) is 0.200. The number of hydrogen-bond acceptors (Lipinski definition) is 2. The van der Waals surface area contributed by atoms with E-state index < -0.39 is 0 Å². The minimum Gasteiger partial charge on any atom is -0.462 e. The van der Waals surface area contributed by atoms with Crippen LogP contribution in [0.5, 0.6) is 0 Å². The highest BCUT2D eigenvalue weighted by molar-refractivity contribution is 9.10. The zero-order valence-corrected chi connectivity index (χ0v) is 9.95. The van der Waals surface area contributed by atoms with Crippen molar-refractivity contribution in [2.45, 2.75) is 6.54 Å². The van der Waals surface area contributed by atoms with Gasteiger partial charge in [0.1, 0.15) is 0 Å². The quantitative estimate of drug-likeness (QED) is 0.906. The van der Waals surface area contributed by atoms with Gasteiger partial charge in [0, 0.05) is 22.0 Å². The molecule has 0 bridgehead atoms. The third-order valence-electron chi connectivity index (χ3n) is 2.04. The van der Waals surface area contributed by atoms with Gasteiger partial charge in [-0.1, -0.05) is 27.5 Å². The lowest BCUT2D eigenvalue weighted by molar-refractivity contribution is 0.607. The van der Waals surface area contributed by atoms with Crippen LogP contribution in [-0.4, -0.2) is 7.05 Å². The summed E-state index contributed by atoms with van der Waals surface area (Å²) >= 11 is 9.44. The standard InChI is InChI=1S/C10H9BrClNO/c1-13-4-6-5-14-10-8(6)2-7(11)3-9(10)12/h2-3,5,13H,4H2,1H3. The molecule has 14 heavy (non-hydrogen) atoms. The number of halogens is 2. The predicted molar refractivity (Wildman–Crippen MR) is 61.7 cm³/mol. The Kier molecular flexibility index (Phi) is 2.81. The highest BCUT2D eigenvalue weighted by Gasteiger charge is 2.09. The summed E-state index contributed by atoms with van der Waals surface area (Å²) in [7, 11) is 1.90. The zero-order valence-electron chi connectivity index (χ0n) is 7.60. The third-order valence-corrected chi connectivity index (χ3v) is 2.78. The van der Waals surface area contributed by atoms with Crippen molar-refractivity contribution in [3.05, 3.63) is 33.5 Å². The van der Waals surface area contributed by atoms with E-state index in [2.05, 4.69) is 21.2 Å². The number of hydrogen-bond donors (Lipinski definition) is 1. The number of rotatable bonds is 2. The molecule has 0 aliphatic carbocycles. The van der Waals surface area contributed by atoms with Gasteiger partial charge in [0.15, 0.2) is 5.58 Å². The van der Waals surface area contributed by atoms with E-state index in [0.29, 0.717) is 5.02 Å². The SMILES string of the molecule is CNCc1coc2c(Cl)cc(Br)cc12. The molecule has 0 saturated carbocycles. The Balaban J connectivity index is 2.66. The first-order valence-electron chi connectivity index (χ1n) is 4.22. The Bertz CT molecular complexity index is 466. The van der Waals surface area contributed by atoms with Gasteiger partial charge in [0.05, 0.1) is 11.3 Å². The number of nitrogens with one attached hydrogen (secondary N) is 1. The molecule has 4 heteroatoms. The van der Waals surface area contributed by atoms with E-state index in [4.69, 9.17) is 16.0 Å². The van der Waals surface area contributed by atoms with Crippen molar-refractivity contribution in [1.29, 1.82) is 0 Å². The molecule has 1 heterocycles. The van der Waals surface area contributed by atoms with E-state index in [1.807, 2.05) is 19.2 Å². The Morgan fingerprint density at radius 2 is 2.29 bits per heavy atom. The van der Waals surface area contributed by atoms with Crippen molar-refractivity contribution in [3.63, 3.8) is 0 Å². The van der Waals surface area contributed by atoms with E-state index in [1.54, 1.807) is 6.26 Å². The molecule has 0 aliphatic heterocycles. The first-order valence-corrected chi connectivity index (χ1v) is 5.39. The normalized spacial score (nSPS) is 11.1. The number of benzene rings is 1. The highest BCUT2D eigenvalue weighted by atomic mass is 79.9. The zero-order chi connectivity index (χ0) is 10.1. The van der Waals surface area contributed by atoms with Crippen LogP contribution in [0.25, 0.3) is 11.0 Å². The largest absolute Gasteiger partial charge is 0.462 e. The van der Waals surface area contributed by atoms with E-state index in [-0.39, 0.29) is 0 Å². The molecule has 2 aromatic rings. The van der Waals surface area contributed by atoms with Crippen LogP contribution in [0.2, 0.25) is 5.02 Å². The Labute approximate surface area is 95.4 Å². The van der Waals surface area contributed by atoms with Crippen LogP contribution in [0.4, 0.5) is 0 Å². The van der Waals surface area contributed by atoms with Crippen LogP contribution in [0.3, 0.4) is 0 Å². The summed E-state index contributed by atoms with van der Waals surface area (Å²) in [5, 5.41) is 4.77. The molecule has 1 aromatic carbocycles. The van der Waals surface area contributed by atoms with Gasteiger partial charge >= 0.3 is 0 Å². The predicted octanol–water partition coefficient (Wildman–Crippen LogP) is 3.57. The minimum absolute atomic E-state index is 0.636. The van der Waals surface area contributed by atoms with E-state index in [9.17, 15) is 0 Å². The lowest BCUT2D eigenvalue weighted by atomic mass is 10.2. The van der Waals surface area contributed by atoms with Crippen molar-refractivity contribution in [2.24, 2.45) is 0 Å². The fourth-order valence-corrected chi connectivity index (χ4v) is 2.29. The lowest BCUT2D eigenvalue weighted by Crippen LogP contribution is -2.03.